The highest BCUT2D eigenvalue weighted by Gasteiger charge is 2.15. The van der Waals surface area contributed by atoms with Crippen LogP contribution in [-0.4, -0.2) is 37.7 Å². The summed E-state index contributed by atoms with van der Waals surface area (Å²) in [6, 6.07) is 0.550. The van der Waals surface area contributed by atoms with Gasteiger partial charge >= 0.3 is 0 Å². The van der Waals surface area contributed by atoms with Gasteiger partial charge in [0.05, 0.1) is 12.7 Å². The van der Waals surface area contributed by atoms with Crippen LogP contribution in [0.2, 0.25) is 0 Å². The summed E-state index contributed by atoms with van der Waals surface area (Å²) in [6.07, 6.45) is 10.8. The maximum atomic E-state index is 11.7. The predicted molar refractivity (Wildman–Crippen MR) is 76.1 cm³/mol. The van der Waals surface area contributed by atoms with E-state index in [1.165, 1.54) is 44.9 Å². The lowest BCUT2D eigenvalue weighted by Crippen LogP contribution is -2.36. The fourth-order valence-electron chi connectivity index (χ4n) is 3.04. The van der Waals surface area contributed by atoms with Crippen molar-refractivity contribution in [1.29, 1.82) is 0 Å². The van der Waals surface area contributed by atoms with Crippen molar-refractivity contribution in [1.82, 2.24) is 10.6 Å². The van der Waals surface area contributed by atoms with Crippen molar-refractivity contribution in [2.45, 2.75) is 69.9 Å². The second-order valence-corrected chi connectivity index (χ2v) is 5.81. The molecule has 2 N–H and O–H groups in total. The number of carbonyl (C=O) groups is 1. The molecule has 4 heteroatoms. The Labute approximate surface area is 116 Å². The number of ether oxygens (including phenoxy) is 1. The molecule has 0 aromatic heterocycles. The lowest BCUT2D eigenvalue weighted by molar-refractivity contribution is -0.121. The van der Waals surface area contributed by atoms with Crippen LogP contribution in [0.15, 0.2) is 0 Å². The minimum Gasteiger partial charge on any atom is -0.376 e. The molecule has 0 bridgehead atoms. The summed E-state index contributed by atoms with van der Waals surface area (Å²) < 4.78 is 5.72. The molecule has 1 aliphatic carbocycles. The molecular weight excluding hydrogens is 240 g/mol. The van der Waals surface area contributed by atoms with E-state index < -0.39 is 0 Å². The normalized spacial score (nSPS) is 24.5. The van der Waals surface area contributed by atoms with Gasteiger partial charge in [-0.2, -0.15) is 0 Å². The quantitative estimate of drug-likeness (QED) is 0.694. The van der Waals surface area contributed by atoms with Crippen LogP contribution in [0, 0.1) is 0 Å². The number of piperidine rings is 1. The molecule has 19 heavy (non-hydrogen) atoms. The smallest absolute Gasteiger partial charge is 0.220 e. The average molecular weight is 268 g/mol. The summed E-state index contributed by atoms with van der Waals surface area (Å²) in [7, 11) is 0. The third kappa shape index (κ3) is 5.91. The van der Waals surface area contributed by atoms with Crippen LogP contribution in [-0.2, 0) is 9.53 Å². The molecule has 0 aromatic carbocycles. The van der Waals surface area contributed by atoms with Gasteiger partial charge in [0, 0.05) is 19.0 Å². The summed E-state index contributed by atoms with van der Waals surface area (Å²) >= 11 is 0. The topological polar surface area (TPSA) is 50.4 Å². The molecule has 1 aliphatic heterocycles. The molecule has 0 radical (unpaired) electrons. The summed E-state index contributed by atoms with van der Waals surface area (Å²) in [6.45, 7) is 2.44. The first kappa shape index (κ1) is 14.8. The molecule has 0 aromatic rings. The van der Waals surface area contributed by atoms with Gasteiger partial charge in [0.25, 0.3) is 0 Å². The molecule has 1 unspecified atom stereocenters. The van der Waals surface area contributed by atoms with Gasteiger partial charge in [0.1, 0.15) is 0 Å². The first-order valence-corrected chi connectivity index (χ1v) is 7.96. The Morgan fingerprint density at radius 1 is 1.16 bits per heavy atom. The average Bonchev–Trinajstić information content (AvgIpc) is 2.96. The lowest BCUT2D eigenvalue weighted by atomic mass is 10.0. The maximum Gasteiger partial charge on any atom is 0.220 e. The molecule has 1 atom stereocenters. The first-order valence-electron chi connectivity index (χ1n) is 7.96. The first-order chi connectivity index (χ1) is 9.34. The zero-order valence-electron chi connectivity index (χ0n) is 12.0. The Balaban J connectivity index is 1.45. The molecule has 1 heterocycles. The van der Waals surface area contributed by atoms with E-state index in [9.17, 15) is 4.79 Å². The Bertz CT molecular complexity index is 259. The standard InChI is InChI=1S/C15H28N2O2/c18-15(9-8-13-5-3-4-10-16-13)17-11-12-19-14-6-1-2-7-14/h13-14,16H,1-12H2,(H,17,18). The van der Waals surface area contributed by atoms with Gasteiger partial charge in [-0.25, -0.2) is 0 Å². The minimum absolute atomic E-state index is 0.169. The highest BCUT2D eigenvalue weighted by molar-refractivity contribution is 5.75. The van der Waals surface area contributed by atoms with Gasteiger partial charge in [0.15, 0.2) is 0 Å². The van der Waals surface area contributed by atoms with Gasteiger partial charge in [0.2, 0.25) is 5.91 Å². The number of carbonyl (C=O) groups excluding carboxylic acids is 1. The van der Waals surface area contributed by atoms with Gasteiger partial charge in [-0.05, 0) is 38.6 Å². The number of amides is 1. The number of hydrogen-bond acceptors (Lipinski definition) is 3. The van der Waals surface area contributed by atoms with Crippen molar-refractivity contribution in [3.8, 4) is 0 Å². The van der Waals surface area contributed by atoms with Crippen molar-refractivity contribution in [2.24, 2.45) is 0 Å². The van der Waals surface area contributed by atoms with Crippen LogP contribution in [0.4, 0.5) is 0 Å². The van der Waals surface area contributed by atoms with Gasteiger partial charge in [-0.15, -0.1) is 0 Å². The van der Waals surface area contributed by atoms with Crippen molar-refractivity contribution in [2.75, 3.05) is 19.7 Å². The number of rotatable bonds is 7. The van der Waals surface area contributed by atoms with Crippen molar-refractivity contribution in [3.63, 3.8) is 0 Å². The Hall–Kier alpha value is -0.610. The highest BCUT2D eigenvalue weighted by Crippen LogP contribution is 2.20. The van der Waals surface area contributed by atoms with Gasteiger partial charge in [-0.3, -0.25) is 4.79 Å². The molecule has 4 nitrogen and oxygen atoms in total. The van der Waals surface area contributed by atoms with Crippen molar-refractivity contribution in [3.05, 3.63) is 0 Å². The van der Waals surface area contributed by atoms with Crippen molar-refractivity contribution < 1.29 is 9.53 Å². The molecule has 1 saturated heterocycles. The van der Waals surface area contributed by atoms with E-state index >= 15 is 0 Å². The fourth-order valence-corrected chi connectivity index (χ4v) is 3.04. The Kier molecular flexibility index (Phi) is 6.65. The molecule has 0 spiro atoms. The van der Waals surface area contributed by atoms with E-state index in [2.05, 4.69) is 10.6 Å². The van der Waals surface area contributed by atoms with E-state index in [0.717, 1.165) is 13.0 Å². The van der Waals surface area contributed by atoms with Crippen LogP contribution < -0.4 is 10.6 Å². The maximum absolute atomic E-state index is 11.7. The Morgan fingerprint density at radius 3 is 2.68 bits per heavy atom. The summed E-state index contributed by atoms with van der Waals surface area (Å²) in [4.78, 5) is 11.7. The molecule has 1 amide bonds. The summed E-state index contributed by atoms with van der Waals surface area (Å²) in [5, 5.41) is 6.43. The minimum atomic E-state index is 0.169. The number of hydrogen-bond donors (Lipinski definition) is 2. The lowest BCUT2D eigenvalue weighted by Gasteiger charge is -2.23. The fraction of sp³-hybridized carbons (Fsp3) is 0.933. The molecule has 110 valence electrons. The van der Waals surface area contributed by atoms with E-state index in [1.54, 1.807) is 0 Å². The van der Waals surface area contributed by atoms with E-state index in [-0.39, 0.29) is 5.91 Å². The SMILES string of the molecule is O=C(CCC1CCCCN1)NCCOC1CCCC1. The van der Waals surface area contributed by atoms with E-state index in [1.807, 2.05) is 0 Å². The van der Waals surface area contributed by atoms with Crippen LogP contribution in [0.3, 0.4) is 0 Å². The monoisotopic (exact) mass is 268 g/mol. The molecule has 2 rings (SSSR count). The third-order valence-corrected chi connectivity index (χ3v) is 4.21. The highest BCUT2D eigenvalue weighted by atomic mass is 16.5. The van der Waals surface area contributed by atoms with E-state index in [0.29, 0.717) is 31.7 Å². The zero-order valence-corrected chi connectivity index (χ0v) is 12.0. The number of nitrogens with one attached hydrogen (secondary N) is 2. The molecule has 2 aliphatic rings. The van der Waals surface area contributed by atoms with Crippen LogP contribution in [0.5, 0.6) is 0 Å². The van der Waals surface area contributed by atoms with Crippen molar-refractivity contribution >= 4 is 5.91 Å². The summed E-state index contributed by atoms with van der Waals surface area (Å²) in [5.74, 6) is 0.169. The zero-order chi connectivity index (χ0) is 13.3. The molecule has 1 saturated carbocycles. The van der Waals surface area contributed by atoms with Crippen LogP contribution in [0.1, 0.15) is 57.8 Å². The van der Waals surface area contributed by atoms with Crippen LogP contribution >= 0.6 is 0 Å². The van der Waals surface area contributed by atoms with Gasteiger partial charge < -0.3 is 15.4 Å². The summed E-state index contributed by atoms with van der Waals surface area (Å²) in [5.41, 5.74) is 0. The second-order valence-electron chi connectivity index (χ2n) is 5.81. The molecular formula is C15H28N2O2. The Morgan fingerprint density at radius 2 is 1.95 bits per heavy atom. The third-order valence-electron chi connectivity index (χ3n) is 4.21. The van der Waals surface area contributed by atoms with Crippen LogP contribution in [0.25, 0.3) is 0 Å². The molecule has 2 fully saturated rings. The second kappa shape index (κ2) is 8.54. The largest absolute Gasteiger partial charge is 0.376 e. The van der Waals surface area contributed by atoms with Gasteiger partial charge in [-0.1, -0.05) is 19.3 Å². The van der Waals surface area contributed by atoms with E-state index in [4.69, 9.17) is 4.74 Å². The predicted octanol–water partition coefficient (Wildman–Crippen LogP) is 1.98.